The minimum atomic E-state index is -1.87. The molecule has 3 saturated carbocycles. The molecule has 0 radical (unpaired) electrons. The van der Waals surface area contributed by atoms with Gasteiger partial charge in [0.1, 0.15) is 5.75 Å². The van der Waals surface area contributed by atoms with Crippen LogP contribution in [0.2, 0.25) is 24.2 Å². The second-order valence-electron chi connectivity index (χ2n) is 21.6. The van der Waals surface area contributed by atoms with E-state index in [9.17, 15) is 0 Å². The molecule has 3 fully saturated rings. The minimum absolute atomic E-state index is 0. The number of unbranched alkanes of at least 4 members (excludes halogenated alkanes) is 1. The average molecular weight is 969 g/mol. The Morgan fingerprint density at radius 1 is 0.774 bits per heavy atom. The Labute approximate surface area is 399 Å². The summed E-state index contributed by atoms with van der Waals surface area (Å²) in [5.41, 5.74) is 16.7. The quantitative estimate of drug-likeness (QED) is 0.153. The van der Waals surface area contributed by atoms with E-state index in [4.69, 9.17) is 21.8 Å². The van der Waals surface area contributed by atoms with Gasteiger partial charge in [-0.2, -0.15) is 0 Å². The van der Waals surface area contributed by atoms with Crippen LogP contribution < -0.4 is 4.74 Å². The van der Waals surface area contributed by atoms with E-state index in [1.54, 1.807) is 22.3 Å². The fourth-order valence-corrected chi connectivity index (χ4v) is 19.7. The molecule has 8 atom stereocenters. The van der Waals surface area contributed by atoms with E-state index in [2.05, 4.69) is 160 Å². The third kappa shape index (κ3) is 9.79. The monoisotopic (exact) mass is 966 g/mol. The van der Waals surface area contributed by atoms with Crippen LogP contribution in [0, 0.1) is 50.4 Å². The van der Waals surface area contributed by atoms with Gasteiger partial charge < -0.3 is 19.6 Å². The molecule has 0 amide bonds. The van der Waals surface area contributed by atoms with Gasteiger partial charge in [0.15, 0.2) is 0 Å². The van der Waals surface area contributed by atoms with Gasteiger partial charge in [-0.15, -0.1) is 0 Å². The molecular weight excluding hydrogens is 891 g/mol. The summed E-state index contributed by atoms with van der Waals surface area (Å²) >= 11 is -0.826. The fourth-order valence-electron chi connectivity index (χ4n) is 13.5. The summed E-state index contributed by atoms with van der Waals surface area (Å²) in [5.74, 6) is 5.08. The van der Waals surface area contributed by atoms with E-state index in [0.717, 1.165) is 28.7 Å². The summed E-state index contributed by atoms with van der Waals surface area (Å²) in [6, 6.07) is 25.5. The third-order valence-corrected chi connectivity index (χ3v) is 20.9. The number of ether oxygens (including phenoxy) is 1. The zero-order chi connectivity index (χ0) is 43.1. The van der Waals surface area contributed by atoms with Crippen LogP contribution in [-0.2, 0) is 31.7 Å². The van der Waals surface area contributed by atoms with Crippen LogP contribution in [0.3, 0.4) is 0 Å². The Kier molecular flexibility index (Phi) is 17.1. The van der Waals surface area contributed by atoms with Crippen LogP contribution in [-0.4, -0.2) is 15.2 Å². The predicted octanol–water partition coefficient (Wildman–Crippen LogP) is 17.9. The maximum atomic E-state index is 6.30. The number of hydrogen-bond donors (Lipinski definition) is 0. The zero-order valence-electron chi connectivity index (χ0n) is 40.6. The predicted molar refractivity (Wildman–Crippen MR) is 273 cm³/mol. The van der Waals surface area contributed by atoms with Crippen molar-refractivity contribution in [2.45, 2.75) is 142 Å². The number of hydrogen-bond acceptors (Lipinski definition) is 1. The number of halogens is 2. The van der Waals surface area contributed by atoms with Crippen molar-refractivity contribution in [3.63, 3.8) is 0 Å². The van der Waals surface area contributed by atoms with Gasteiger partial charge in [-0.05, 0) is 146 Å². The molecule has 1 nitrogen and oxygen atoms in total. The molecular formula is C57H78Cl2OSiZr. The van der Waals surface area contributed by atoms with Gasteiger partial charge >= 0.3 is 37.9 Å². The van der Waals surface area contributed by atoms with E-state index in [0.29, 0.717) is 23.7 Å². The Hall–Kier alpha value is -1.90. The van der Waals surface area contributed by atoms with Gasteiger partial charge in [0.2, 0.25) is 0 Å². The van der Waals surface area contributed by atoms with Crippen molar-refractivity contribution in [3.05, 3.63) is 139 Å². The summed E-state index contributed by atoms with van der Waals surface area (Å²) in [7, 11) is 9.88. The van der Waals surface area contributed by atoms with Gasteiger partial charge in [-0.1, -0.05) is 167 Å². The van der Waals surface area contributed by atoms with Crippen molar-refractivity contribution in [2.75, 3.05) is 7.11 Å². The Bertz CT molecular complexity index is 2100. The fraction of sp³-hybridized carbons (Fsp3) is 0.509. The number of fused-ring (bicyclic) bond motifs is 3. The molecule has 5 aliphatic carbocycles. The standard InChI is InChI=1S/C55H72OSi.2CH3.2ClH.Zr/c1-12-13-21-38-32-45-43(42-26-18-17-25-40(42)36-22-15-14-16-23-36)28-20-29-44(45)53(38)57(10,11)52-35(2)30-46-47(52)31-37-24-19-27-41(37)50(46)39-33-48(54(3,4)5)51(56-9)49(34-39)55(6,7)8;;;;;/h14-18,20,22-23,25-26,28-29,31,33-35,38,44-47,52-53H,12-13,19,21,24,27,30,32H2,1-11H3;2*1H3;2*1H;/q;2*-1;;;+4/p-2. The van der Waals surface area contributed by atoms with Gasteiger partial charge in [0.25, 0.3) is 0 Å². The van der Waals surface area contributed by atoms with Crippen molar-refractivity contribution in [2.24, 2.45) is 35.5 Å². The van der Waals surface area contributed by atoms with Crippen LogP contribution in [0.1, 0.15) is 129 Å². The molecule has 3 aromatic carbocycles. The average Bonchev–Trinajstić information content (AvgIpc) is 3.93. The Morgan fingerprint density at radius 3 is 1.98 bits per heavy atom. The summed E-state index contributed by atoms with van der Waals surface area (Å²) < 4.78 is 6.30. The first-order chi connectivity index (χ1) is 28.6. The second-order valence-corrected chi connectivity index (χ2v) is 30.3. The molecule has 3 aromatic rings. The molecule has 0 bridgehead atoms. The SMILES string of the molecule is CCCCC1CC2C(c3ccccc3-c3ccccc3)=CC=CC2C1[Si](C)(C)C1C(C)CC2C(c3cc(C(C)(C)C)c(OC)c(C(C)(C)C)c3)=C3CCCC3=CC21.[CH3-].[CH3-].[Cl][Zr+2][Cl]. The van der Waals surface area contributed by atoms with E-state index < -0.39 is 28.9 Å². The number of rotatable bonds is 9. The zero-order valence-corrected chi connectivity index (χ0v) is 45.6. The topological polar surface area (TPSA) is 9.23 Å². The van der Waals surface area contributed by atoms with Crippen molar-refractivity contribution >= 4 is 36.2 Å². The summed E-state index contributed by atoms with van der Waals surface area (Å²) in [6.45, 7) is 25.1. The van der Waals surface area contributed by atoms with E-state index in [-0.39, 0.29) is 25.7 Å². The Morgan fingerprint density at radius 2 is 1.39 bits per heavy atom. The molecule has 62 heavy (non-hydrogen) atoms. The summed E-state index contributed by atoms with van der Waals surface area (Å²) in [5, 5.41) is 0. The van der Waals surface area contributed by atoms with Crippen molar-refractivity contribution < 1.29 is 25.6 Å². The molecule has 334 valence electrons. The summed E-state index contributed by atoms with van der Waals surface area (Å²) in [4.78, 5) is 0. The van der Waals surface area contributed by atoms with E-state index in [1.165, 1.54) is 84.7 Å². The van der Waals surface area contributed by atoms with Gasteiger partial charge in [0, 0.05) is 11.1 Å². The van der Waals surface area contributed by atoms with Crippen LogP contribution in [0.5, 0.6) is 5.75 Å². The van der Waals surface area contributed by atoms with Crippen molar-refractivity contribution in [1.82, 2.24) is 0 Å². The first-order valence-electron chi connectivity index (χ1n) is 23.2. The number of methoxy groups -OCH3 is 1. The maximum absolute atomic E-state index is 6.30. The molecule has 0 heterocycles. The summed E-state index contributed by atoms with van der Waals surface area (Å²) in [6.07, 6.45) is 21.0. The van der Waals surface area contributed by atoms with Gasteiger partial charge in [-0.25, -0.2) is 0 Å². The molecule has 8 rings (SSSR count). The van der Waals surface area contributed by atoms with Crippen molar-refractivity contribution in [3.8, 4) is 16.9 Å². The number of benzene rings is 3. The molecule has 0 aliphatic heterocycles. The second kappa shape index (κ2) is 20.7. The molecule has 5 heteroatoms. The molecule has 0 N–H and O–H groups in total. The first kappa shape index (κ1) is 51.1. The Balaban J connectivity index is 0.00000141. The molecule has 0 aromatic heterocycles. The first-order valence-corrected chi connectivity index (χ1v) is 32.7. The molecule has 8 unspecified atom stereocenters. The normalized spacial score (nSPS) is 26.4. The third-order valence-electron chi connectivity index (χ3n) is 15.6. The van der Waals surface area contributed by atoms with Crippen LogP contribution >= 0.6 is 17.0 Å². The van der Waals surface area contributed by atoms with Crippen LogP contribution in [0.15, 0.2) is 102 Å². The van der Waals surface area contributed by atoms with E-state index in [1.807, 2.05) is 7.11 Å². The van der Waals surface area contributed by atoms with Gasteiger partial charge in [-0.3, -0.25) is 0 Å². The van der Waals surface area contributed by atoms with Crippen LogP contribution in [0.25, 0.3) is 22.3 Å². The molecule has 0 saturated heterocycles. The number of allylic oxidation sites excluding steroid dienone is 8. The molecule has 5 aliphatic rings. The van der Waals surface area contributed by atoms with Gasteiger partial charge in [0.05, 0.1) is 15.2 Å². The van der Waals surface area contributed by atoms with Crippen molar-refractivity contribution in [1.29, 1.82) is 0 Å². The van der Waals surface area contributed by atoms with E-state index >= 15 is 0 Å². The van der Waals surface area contributed by atoms with Crippen LogP contribution in [0.4, 0.5) is 0 Å². The molecule has 0 spiro atoms.